The molecule has 1 amide bonds. The molecule has 6 heteroatoms. The van der Waals surface area contributed by atoms with E-state index in [0.29, 0.717) is 17.3 Å². The predicted octanol–water partition coefficient (Wildman–Crippen LogP) is 3.49. The van der Waals surface area contributed by atoms with Gasteiger partial charge >= 0.3 is 5.97 Å². The van der Waals surface area contributed by atoms with E-state index in [9.17, 15) is 9.59 Å². The molecule has 0 aromatic heterocycles. The van der Waals surface area contributed by atoms with Gasteiger partial charge in [0.15, 0.2) is 0 Å². The molecule has 1 aliphatic rings. The van der Waals surface area contributed by atoms with Gasteiger partial charge in [0.1, 0.15) is 0 Å². The number of halogens is 1. The van der Waals surface area contributed by atoms with Crippen LogP contribution in [0.2, 0.25) is 5.02 Å². The van der Waals surface area contributed by atoms with Crippen molar-refractivity contribution in [1.82, 2.24) is 0 Å². The Hall–Kier alpha value is -1.20. The van der Waals surface area contributed by atoms with Crippen LogP contribution in [0.3, 0.4) is 0 Å². The molecule has 1 unspecified atom stereocenters. The molecule has 0 saturated heterocycles. The van der Waals surface area contributed by atoms with Gasteiger partial charge in [-0.25, -0.2) is 0 Å². The summed E-state index contributed by atoms with van der Waals surface area (Å²) in [4.78, 5) is 24.5. The van der Waals surface area contributed by atoms with E-state index < -0.39 is 5.25 Å². The first-order valence-corrected chi connectivity index (χ1v) is 7.78. The fourth-order valence-electron chi connectivity index (χ4n) is 1.80. The lowest BCUT2D eigenvalue weighted by Gasteiger charge is -2.23. The van der Waals surface area contributed by atoms with Gasteiger partial charge < -0.3 is 10.1 Å². The molecule has 0 aliphatic carbocycles. The second kappa shape index (κ2) is 6.99. The SMILES string of the molecule is CCCCOC(=O)CC1Sc2ccc(Cl)cc2NC1=O. The number of ether oxygens (including phenoxy) is 1. The average Bonchev–Trinajstić information content (AvgIpc) is 2.40. The molecule has 0 radical (unpaired) electrons. The standard InChI is InChI=1S/C14H16ClNO3S/c1-2-3-6-19-13(17)8-12-14(18)16-10-7-9(15)4-5-11(10)20-12/h4-5,7,12H,2-3,6,8H2,1H3,(H,16,18). The van der Waals surface area contributed by atoms with Crippen LogP contribution in [0.4, 0.5) is 5.69 Å². The highest BCUT2D eigenvalue weighted by Gasteiger charge is 2.29. The van der Waals surface area contributed by atoms with Crippen molar-refractivity contribution in [1.29, 1.82) is 0 Å². The minimum absolute atomic E-state index is 0.0856. The molecule has 1 aromatic rings. The molecular weight excluding hydrogens is 298 g/mol. The highest BCUT2D eigenvalue weighted by Crippen LogP contribution is 2.38. The number of nitrogens with one attached hydrogen (secondary N) is 1. The Bertz CT molecular complexity index is 521. The van der Waals surface area contributed by atoms with Crippen LogP contribution in [-0.2, 0) is 14.3 Å². The molecule has 0 spiro atoms. The molecule has 0 fully saturated rings. The summed E-state index contributed by atoms with van der Waals surface area (Å²) in [6, 6.07) is 5.32. The predicted molar refractivity (Wildman–Crippen MR) is 80.2 cm³/mol. The Balaban J connectivity index is 1.95. The highest BCUT2D eigenvalue weighted by atomic mass is 35.5. The third-order valence-electron chi connectivity index (χ3n) is 2.87. The number of hydrogen-bond donors (Lipinski definition) is 1. The number of hydrogen-bond acceptors (Lipinski definition) is 4. The number of rotatable bonds is 5. The first kappa shape index (κ1) is 15.2. The second-order valence-corrected chi connectivity index (χ2v) is 6.20. The number of carbonyl (C=O) groups excluding carboxylic acids is 2. The van der Waals surface area contributed by atoms with E-state index in [2.05, 4.69) is 5.32 Å². The normalized spacial score (nSPS) is 17.3. The summed E-state index contributed by atoms with van der Waals surface area (Å²) >= 11 is 7.25. The number of esters is 1. The minimum atomic E-state index is -0.446. The summed E-state index contributed by atoms with van der Waals surface area (Å²) < 4.78 is 5.09. The summed E-state index contributed by atoms with van der Waals surface area (Å²) in [6.45, 7) is 2.45. The number of thioether (sulfide) groups is 1. The van der Waals surface area contributed by atoms with Gasteiger partial charge in [0.05, 0.1) is 24.0 Å². The number of carbonyl (C=O) groups is 2. The number of benzene rings is 1. The Morgan fingerprint density at radius 3 is 3.05 bits per heavy atom. The van der Waals surface area contributed by atoms with Gasteiger partial charge in [0.25, 0.3) is 0 Å². The zero-order valence-electron chi connectivity index (χ0n) is 11.1. The molecule has 1 heterocycles. The zero-order chi connectivity index (χ0) is 14.5. The van der Waals surface area contributed by atoms with Crippen LogP contribution >= 0.6 is 23.4 Å². The molecule has 1 aromatic carbocycles. The molecule has 1 atom stereocenters. The van der Waals surface area contributed by atoms with Crippen molar-refractivity contribution in [2.45, 2.75) is 36.3 Å². The maximum absolute atomic E-state index is 12.0. The van der Waals surface area contributed by atoms with Crippen molar-refractivity contribution in [3.63, 3.8) is 0 Å². The lowest BCUT2D eigenvalue weighted by Crippen LogP contribution is -2.31. The van der Waals surface area contributed by atoms with E-state index in [1.165, 1.54) is 11.8 Å². The summed E-state index contributed by atoms with van der Waals surface area (Å²) in [5, 5.41) is 2.90. The van der Waals surface area contributed by atoms with E-state index in [4.69, 9.17) is 16.3 Å². The lowest BCUT2D eigenvalue weighted by molar-refractivity contribution is -0.144. The van der Waals surface area contributed by atoms with Crippen molar-refractivity contribution in [3.8, 4) is 0 Å². The largest absolute Gasteiger partial charge is 0.466 e. The van der Waals surface area contributed by atoms with Gasteiger partial charge in [0.2, 0.25) is 5.91 Å². The molecule has 1 aliphatic heterocycles. The van der Waals surface area contributed by atoms with E-state index in [1.807, 2.05) is 13.0 Å². The van der Waals surface area contributed by atoms with Gasteiger partial charge in [-0.1, -0.05) is 24.9 Å². The van der Waals surface area contributed by atoms with E-state index in [0.717, 1.165) is 17.7 Å². The van der Waals surface area contributed by atoms with Gasteiger partial charge in [-0.3, -0.25) is 9.59 Å². The molecule has 0 bridgehead atoms. The summed E-state index contributed by atoms with van der Waals surface area (Å²) in [7, 11) is 0. The molecule has 108 valence electrons. The van der Waals surface area contributed by atoms with Crippen LogP contribution in [0, 0.1) is 0 Å². The molecule has 2 rings (SSSR count). The Morgan fingerprint density at radius 1 is 1.50 bits per heavy atom. The number of amides is 1. The summed E-state index contributed by atoms with van der Waals surface area (Å²) in [5.74, 6) is -0.513. The molecule has 0 saturated carbocycles. The smallest absolute Gasteiger partial charge is 0.307 e. The van der Waals surface area contributed by atoms with Crippen LogP contribution in [-0.4, -0.2) is 23.7 Å². The molecule has 1 N–H and O–H groups in total. The van der Waals surface area contributed by atoms with Crippen molar-refractivity contribution in [2.24, 2.45) is 0 Å². The number of anilines is 1. The Morgan fingerprint density at radius 2 is 2.30 bits per heavy atom. The van der Waals surface area contributed by atoms with Crippen LogP contribution in [0.25, 0.3) is 0 Å². The maximum atomic E-state index is 12.0. The van der Waals surface area contributed by atoms with Crippen molar-refractivity contribution >= 4 is 40.9 Å². The summed E-state index contributed by atoms with van der Waals surface area (Å²) in [6.07, 6.45) is 1.90. The topological polar surface area (TPSA) is 55.4 Å². The van der Waals surface area contributed by atoms with Crippen LogP contribution in [0.15, 0.2) is 23.1 Å². The van der Waals surface area contributed by atoms with Crippen molar-refractivity contribution in [2.75, 3.05) is 11.9 Å². The van der Waals surface area contributed by atoms with Gasteiger partial charge in [-0.2, -0.15) is 0 Å². The van der Waals surface area contributed by atoms with E-state index in [1.54, 1.807) is 12.1 Å². The van der Waals surface area contributed by atoms with Crippen molar-refractivity contribution in [3.05, 3.63) is 23.2 Å². The zero-order valence-corrected chi connectivity index (χ0v) is 12.7. The minimum Gasteiger partial charge on any atom is -0.466 e. The molecular formula is C14H16ClNO3S. The quantitative estimate of drug-likeness (QED) is 0.668. The van der Waals surface area contributed by atoms with E-state index >= 15 is 0 Å². The van der Waals surface area contributed by atoms with Crippen LogP contribution in [0.1, 0.15) is 26.2 Å². The average molecular weight is 314 g/mol. The summed E-state index contributed by atoms with van der Waals surface area (Å²) in [5.41, 5.74) is 0.697. The lowest BCUT2D eigenvalue weighted by atomic mass is 10.2. The maximum Gasteiger partial charge on any atom is 0.307 e. The monoisotopic (exact) mass is 313 g/mol. The number of unbranched alkanes of at least 4 members (excludes halogenated alkanes) is 1. The van der Waals surface area contributed by atoms with Gasteiger partial charge in [0, 0.05) is 9.92 Å². The number of fused-ring (bicyclic) bond motifs is 1. The second-order valence-electron chi connectivity index (χ2n) is 4.51. The van der Waals surface area contributed by atoms with Crippen LogP contribution < -0.4 is 5.32 Å². The first-order chi connectivity index (χ1) is 9.60. The fraction of sp³-hybridized carbons (Fsp3) is 0.429. The van der Waals surface area contributed by atoms with Crippen molar-refractivity contribution < 1.29 is 14.3 Å². The van der Waals surface area contributed by atoms with Gasteiger partial charge in [-0.15, -0.1) is 11.8 Å². The molecule has 20 heavy (non-hydrogen) atoms. The first-order valence-electron chi connectivity index (χ1n) is 6.53. The van der Waals surface area contributed by atoms with E-state index in [-0.39, 0.29) is 18.3 Å². The third-order valence-corrected chi connectivity index (χ3v) is 4.38. The Kier molecular flexibility index (Phi) is 5.31. The Labute approximate surface area is 127 Å². The third kappa shape index (κ3) is 3.90. The highest BCUT2D eigenvalue weighted by molar-refractivity contribution is 8.01. The fourth-order valence-corrected chi connectivity index (χ4v) is 3.05. The van der Waals surface area contributed by atoms with Gasteiger partial charge in [-0.05, 0) is 24.6 Å². The molecule has 4 nitrogen and oxygen atoms in total. The van der Waals surface area contributed by atoms with Crippen LogP contribution in [0.5, 0.6) is 0 Å².